The molecule has 0 spiro atoms. The van der Waals surface area contributed by atoms with E-state index in [4.69, 9.17) is 0 Å². The number of amides is 2. The van der Waals surface area contributed by atoms with Gasteiger partial charge in [-0.1, -0.05) is 0 Å². The zero-order chi connectivity index (χ0) is 15.0. The molecule has 2 unspecified atom stereocenters. The maximum atomic E-state index is 12.9. The Bertz CT molecular complexity index is 435. The van der Waals surface area contributed by atoms with Gasteiger partial charge in [0.25, 0.3) is 0 Å². The summed E-state index contributed by atoms with van der Waals surface area (Å²) in [5.74, 6) is 1.05. The van der Waals surface area contributed by atoms with Crippen LogP contribution in [0.25, 0.3) is 0 Å². The van der Waals surface area contributed by atoms with E-state index in [1.54, 1.807) is 0 Å². The zero-order valence-corrected chi connectivity index (χ0v) is 13.2. The Balaban J connectivity index is 1.71. The van der Waals surface area contributed by atoms with Gasteiger partial charge in [0.1, 0.15) is 5.54 Å². The van der Waals surface area contributed by atoms with Crippen molar-refractivity contribution in [3.05, 3.63) is 0 Å². The summed E-state index contributed by atoms with van der Waals surface area (Å²) in [6.07, 6.45) is 4.96. The van der Waals surface area contributed by atoms with Crippen LogP contribution in [0.1, 0.15) is 39.0 Å². The third-order valence-corrected chi connectivity index (χ3v) is 5.33. The number of piperidine rings is 1. The molecule has 3 fully saturated rings. The highest BCUT2D eigenvalue weighted by Gasteiger charge is 2.51. The highest BCUT2D eigenvalue weighted by atomic mass is 16.2. The second-order valence-corrected chi connectivity index (χ2v) is 7.30. The lowest BCUT2D eigenvalue weighted by Crippen LogP contribution is -2.57. The van der Waals surface area contributed by atoms with Crippen LogP contribution in [0.4, 0.5) is 0 Å². The third-order valence-electron chi connectivity index (χ3n) is 5.33. The van der Waals surface area contributed by atoms with Crippen molar-refractivity contribution in [2.75, 3.05) is 33.2 Å². The Kier molecular flexibility index (Phi) is 3.95. The molecule has 2 heterocycles. The maximum absolute atomic E-state index is 12.9. The van der Waals surface area contributed by atoms with E-state index in [0.29, 0.717) is 24.8 Å². The van der Waals surface area contributed by atoms with Crippen molar-refractivity contribution < 1.29 is 9.59 Å². The number of hydrogen-bond donors (Lipinski definition) is 1. The number of nitrogens with one attached hydrogen (secondary N) is 1. The van der Waals surface area contributed by atoms with Gasteiger partial charge >= 0.3 is 0 Å². The molecule has 2 saturated heterocycles. The largest absolute Gasteiger partial charge is 0.342 e. The molecule has 3 rings (SSSR count). The topological polar surface area (TPSA) is 52.6 Å². The lowest BCUT2D eigenvalue weighted by atomic mass is 9.92. The molecule has 5 nitrogen and oxygen atoms in total. The smallest absolute Gasteiger partial charge is 0.248 e. The molecule has 1 N–H and O–H groups in total. The molecule has 0 bridgehead atoms. The fourth-order valence-electron chi connectivity index (χ4n) is 3.92. The Morgan fingerprint density at radius 1 is 1.24 bits per heavy atom. The normalized spacial score (nSPS) is 35.5. The molecular formula is C16H27N3O2. The minimum absolute atomic E-state index is 0.0287. The van der Waals surface area contributed by atoms with E-state index in [-0.39, 0.29) is 11.8 Å². The predicted octanol–water partition coefficient (Wildman–Crippen LogP) is 0.845. The molecule has 2 aliphatic heterocycles. The van der Waals surface area contributed by atoms with Gasteiger partial charge in [-0.2, -0.15) is 0 Å². The van der Waals surface area contributed by atoms with Gasteiger partial charge < -0.3 is 15.1 Å². The Morgan fingerprint density at radius 3 is 2.67 bits per heavy atom. The van der Waals surface area contributed by atoms with Gasteiger partial charge in [-0.05, 0) is 58.0 Å². The third kappa shape index (κ3) is 3.07. The average Bonchev–Trinajstić information content (AvgIpc) is 3.26. The van der Waals surface area contributed by atoms with Crippen LogP contribution in [-0.2, 0) is 9.59 Å². The van der Waals surface area contributed by atoms with Crippen LogP contribution in [0.2, 0.25) is 0 Å². The number of rotatable bonds is 3. The van der Waals surface area contributed by atoms with E-state index in [1.165, 1.54) is 12.8 Å². The number of hydrogen-bond acceptors (Lipinski definition) is 3. The number of carbonyl (C=O) groups excluding carboxylic acids is 2. The van der Waals surface area contributed by atoms with Gasteiger partial charge in [0.15, 0.2) is 0 Å². The van der Waals surface area contributed by atoms with Crippen molar-refractivity contribution in [1.29, 1.82) is 0 Å². The molecule has 0 aromatic carbocycles. The fraction of sp³-hybridized carbons (Fsp3) is 0.875. The van der Waals surface area contributed by atoms with Gasteiger partial charge in [-0.25, -0.2) is 0 Å². The van der Waals surface area contributed by atoms with E-state index in [9.17, 15) is 9.59 Å². The number of nitrogens with zero attached hydrogens (tertiary/aromatic N) is 2. The lowest BCUT2D eigenvalue weighted by molar-refractivity contribution is -0.139. The first-order chi connectivity index (χ1) is 9.99. The van der Waals surface area contributed by atoms with Gasteiger partial charge in [-0.3, -0.25) is 9.59 Å². The molecule has 1 aliphatic carbocycles. The van der Waals surface area contributed by atoms with E-state index >= 15 is 0 Å². The molecule has 118 valence electrons. The van der Waals surface area contributed by atoms with Crippen molar-refractivity contribution in [3.63, 3.8) is 0 Å². The number of likely N-dealkylation sites (tertiary alicyclic amines) is 1. The summed E-state index contributed by atoms with van der Waals surface area (Å²) in [7, 11) is 2.15. The summed E-state index contributed by atoms with van der Waals surface area (Å²) in [6, 6.07) is 0. The second kappa shape index (κ2) is 5.59. The highest BCUT2D eigenvalue weighted by molar-refractivity contribution is 5.93. The number of carbonyl (C=O) groups is 2. The molecule has 5 heteroatoms. The molecular weight excluding hydrogens is 266 g/mol. The second-order valence-electron chi connectivity index (χ2n) is 7.30. The van der Waals surface area contributed by atoms with Crippen LogP contribution in [0, 0.1) is 11.8 Å². The average molecular weight is 293 g/mol. The van der Waals surface area contributed by atoms with Crippen molar-refractivity contribution in [2.24, 2.45) is 11.8 Å². The first-order valence-electron chi connectivity index (χ1n) is 8.28. The first kappa shape index (κ1) is 14.8. The Morgan fingerprint density at radius 2 is 2.00 bits per heavy atom. The quantitative estimate of drug-likeness (QED) is 0.839. The minimum atomic E-state index is -0.659. The molecule has 3 aliphatic rings. The molecule has 2 atom stereocenters. The molecule has 21 heavy (non-hydrogen) atoms. The van der Waals surface area contributed by atoms with Crippen LogP contribution in [0.3, 0.4) is 0 Å². The van der Waals surface area contributed by atoms with Gasteiger partial charge in [0.05, 0.1) is 0 Å². The van der Waals surface area contributed by atoms with Gasteiger partial charge in [0, 0.05) is 26.1 Å². The summed E-state index contributed by atoms with van der Waals surface area (Å²) >= 11 is 0. The van der Waals surface area contributed by atoms with Crippen LogP contribution >= 0.6 is 0 Å². The Labute approximate surface area is 127 Å². The molecule has 1 saturated carbocycles. The Hall–Kier alpha value is -1.10. The molecule has 0 aromatic heterocycles. The van der Waals surface area contributed by atoms with Crippen LogP contribution < -0.4 is 5.32 Å². The fourth-order valence-corrected chi connectivity index (χ4v) is 3.92. The van der Waals surface area contributed by atoms with Crippen molar-refractivity contribution in [2.45, 2.75) is 44.6 Å². The van der Waals surface area contributed by atoms with Crippen molar-refractivity contribution in [1.82, 2.24) is 15.1 Å². The predicted molar refractivity (Wildman–Crippen MR) is 80.7 cm³/mol. The summed E-state index contributed by atoms with van der Waals surface area (Å²) in [6.45, 7) is 5.53. The molecule has 0 radical (unpaired) electrons. The molecule has 0 aromatic rings. The monoisotopic (exact) mass is 293 g/mol. The van der Waals surface area contributed by atoms with E-state index < -0.39 is 5.54 Å². The van der Waals surface area contributed by atoms with Gasteiger partial charge in [0.2, 0.25) is 11.8 Å². The van der Waals surface area contributed by atoms with E-state index in [2.05, 4.69) is 17.3 Å². The van der Waals surface area contributed by atoms with Crippen molar-refractivity contribution >= 4 is 11.8 Å². The van der Waals surface area contributed by atoms with Crippen LogP contribution in [0.5, 0.6) is 0 Å². The highest BCUT2D eigenvalue weighted by Crippen LogP contribution is 2.41. The van der Waals surface area contributed by atoms with Crippen LogP contribution in [-0.4, -0.2) is 60.4 Å². The standard InChI is InChI=1S/C16H27N3O2/c1-16(13-5-6-13)15(21)19(9-7-14(20)17-16)11-12-4-3-8-18(2)10-12/h12-13H,3-11H2,1-2H3,(H,17,20). The lowest BCUT2D eigenvalue weighted by Gasteiger charge is -2.36. The summed E-state index contributed by atoms with van der Waals surface area (Å²) in [4.78, 5) is 29.2. The minimum Gasteiger partial charge on any atom is -0.342 e. The van der Waals surface area contributed by atoms with Crippen LogP contribution in [0.15, 0.2) is 0 Å². The van der Waals surface area contributed by atoms with E-state index in [1.807, 2.05) is 11.8 Å². The summed E-state index contributed by atoms with van der Waals surface area (Å²) in [5.41, 5.74) is -0.659. The summed E-state index contributed by atoms with van der Waals surface area (Å²) in [5, 5.41) is 3.00. The van der Waals surface area contributed by atoms with Gasteiger partial charge in [-0.15, -0.1) is 0 Å². The summed E-state index contributed by atoms with van der Waals surface area (Å²) < 4.78 is 0. The first-order valence-corrected chi connectivity index (χ1v) is 8.28. The van der Waals surface area contributed by atoms with Crippen molar-refractivity contribution in [3.8, 4) is 0 Å². The zero-order valence-electron chi connectivity index (χ0n) is 13.2. The van der Waals surface area contributed by atoms with E-state index in [0.717, 1.165) is 32.5 Å². The maximum Gasteiger partial charge on any atom is 0.248 e. The SMILES string of the molecule is CN1CCCC(CN2CCC(=O)NC(C)(C3CC3)C2=O)C1. The molecule has 2 amide bonds.